The third-order valence-corrected chi connectivity index (χ3v) is 3.70. The summed E-state index contributed by atoms with van der Waals surface area (Å²) in [5, 5.41) is 9.68. The number of hydrogen-bond donors (Lipinski definition) is 0. The molecule has 0 N–H and O–H groups in total. The van der Waals surface area contributed by atoms with Crippen molar-refractivity contribution in [2.24, 2.45) is 0 Å². The molecule has 0 fully saturated rings. The molecular weight excluding hydrogens is 287 g/mol. The molecule has 1 atom stereocenters. The summed E-state index contributed by atoms with van der Waals surface area (Å²) in [6, 6.07) is 14.5. The quantitative estimate of drug-likeness (QED) is 0.837. The van der Waals surface area contributed by atoms with Gasteiger partial charge in [0.1, 0.15) is 5.82 Å². The second kappa shape index (κ2) is 6.60. The van der Waals surface area contributed by atoms with E-state index in [0.717, 1.165) is 11.3 Å². The van der Waals surface area contributed by atoms with Crippen molar-refractivity contribution in [3.8, 4) is 6.07 Å². The van der Waals surface area contributed by atoms with Crippen LogP contribution in [-0.4, -0.2) is 14.1 Å². The highest BCUT2D eigenvalue weighted by atomic mass is 35.5. The van der Waals surface area contributed by atoms with Crippen LogP contribution in [-0.2, 0) is 6.42 Å². The summed E-state index contributed by atoms with van der Waals surface area (Å²) in [7, 11) is 3.91. The van der Waals surface area contributed by atoms with Gasteiger partial charge in [-0.05, 0) is 36.2 Å². The van der Waals surface area contributed by atoms with Gasteiger partial charge in [0.2, 0.25) is 0 Å². The fraction of sp³-hybridized carbons (Fsp3) is 0.235. The van der Waals surface area contributed by atoms with Gasteiger partial charge < -0.3 is 4.90 Å². The normalized spacial score (nSPS) is 11.8. The fourth-order valence-electron chi connectivity index (χ4n) is 2.25. The summed E-state index contributed by atoms with van der Waals surface area (Å²) in [6.07, 6.45) is 0.429. The van der Waals surface area contributed by atoms with Crippen molar-refractivity contribution in [2.75, 3.05) is 19.0 Å². The van der Waals surface area contributed by atoms with Crippen molar-refractivity contribution < 1.29 is 4.39 Å². The zero-order valence-corrected chi connectivity index (χ0v) is 12.7. The predicted octanol–water partition coefficient (Wildman–Crippen LogP) is 4.39. The molecule has 0 aliphatic heterocycles. The molecule has 0 saturated carbocycles. The van der Waals surface area contributed by atoms with Crippen LogP contribution in [0.2, 0.25) is 5.02 Å². The van der Waals surface area contributed by atoms with E-state index >= 15 is 0 Å². The highest BCUT2D eigenvalue weighted by molar-refractivity contribution is 6.31. The van der Waals surface area contributed by atoms with E-state index < -0.39 is 11.7 Å². The summed E-state index contributed by atoms with van der Waals surface area (Å²) >= 11 is 6.05. The first-order chi connectivity index (χ1) is 10.0. The number of hydrogen-bond acceptors (Lipinski definition) is 2. The van der Waals surface area contributed by atoms with Crippen LogP contribution in [0, 0.1) is 17.1 Å². The number of anilines is 1. The molecule has 0 heterocycles. The van der Waals surface area contributed by atoms with Crippen LogP contribution in [0.3, 0.4) is 0 Å². The lowest BCUT2D eigenvalue weighted by atomic mass is 9.92. The molecule has 1 unspecified atom stereocenters. The van der Waals surface area contributed by atoms with Gasteiger partial charge in [-0.1, -0.05) is 29.8 Å². The van der Waals surface area contributed by atoms with Gasteiger partial charge in [-0.3, -0.25) is 0 Å². The Balaban J connectivity index is 2.32. The molecule has 4 heteroatoms. The van der Waals surface area contributed by atoms with Crippen LogP contribution < -0.4 is 4.90 Å². The topological polar surface area (TPSA) is 27.0 Å². The van der Waals surface area contributed by atoms with E-state index in [9.17, 15) is 9.65 Å². The molecule has 2 nitrogen and oxygen atoms in total. The lowest BCUT2D eigenvalue weighted by Gasteiger charge is -2.16. The standard InChI is InChI=1S/C17H16ClFN2/c1-21(2)14-6-3-5-12(10-14)9-13(11-20)17-15(18)7-4-8-16(17)19/h3-8,10,13H,9H2,1-2H3. The molecule has 0 spiro atoms. The van der Waals surface area contributed by atoms with Crippen molar-refractivity contribution >= 4 is 17.3 Å². The van der Waals surface area contributed by atoms with Crippen LogP contribution in [0.25, 0.3) is 0 Å². The maximum absolute atomic E-state index is 14.0. The van der Waals surface area contributed by atoms with Crippen LogP contribution in [0.1, 0.15) is 17.0 Å². The molecule has 0 saturated heterocycles. The van der Waals surface area contributed by atoms with Crippen molar-refractivity contribution in [2.45, 2.75) is 12.3 Å². The first-order valence-corrected chi connectivity index (χ1v) is 7.00. The van der Waals surface area contributed by atoms with Gasteiger partial charge in [-0.25, -0.2) is 4.39 Å². The summed E-state index contributed by atoms with van der Waals surface area (Å²) in [6.45, 7) is 0. The number of rotatable bonds is 4. The smallest absolute Gasteiger partial charge is 0.129 e. The van der Waals surface area contributed by atoms with Gasteiger partial charge in [0.15, 0.2) is 0 Å². The van der Waals surface area contributed by atoms with Gasteiger partial charge in [0.05, 0.1) is 12.0 Å². The van der Waals surface area contributed by atoms with E-state index in [0.29, 0.717) is 11.4 Å². The summed E-state index contributed by atoms with van der Waals surface area (Å²) in [4.78, 5) is 1.99. The van der Waals surface area contributed by atoms with Crippen molar-refractivity contribution in [3.05, 3.63) is 64.4 Å². The number of halogens is 2. The number of nitrogens with zero attached hydrogens (tertiary/aromatic N) is 2. The third kappa shape index (κ3) is 3.53. The van der Waals surface area contributed by atoms with Crippen molar-refractivity contribution in [3.63, 3.8) is 0 Å². The highest BCUT2D eigenvalue weighted by Crippen LogP contribution is 2.30. The van der Waals surface area contributed by atoms with E-state index in [1.807, 2.05) is 43.3 Å². The molecule has 108 valence electrons. The molecule has 0 aromatic heterocycles. The van der Waals surface area contributed by atoms with E-state index in [-0.39, 0.29) is 5.56 Å². The predicted molar refractivity (Wildman–Crippen MR) is 84.2 cm³/mol. The van der Waals surface area contributed by atoms with Gasteiger partial charge >= 0.3 is 0 Å². The minimum absolute atomic E-state index is 0.275. The zero-order valence-electron chi connectivity index (χ0n) is 12.0. The third-order valence-electron chi connectivity index (χ3n) is 3.37. The largest absolute Gasteiger partial charge is 0.378 e. The summed E-state index contributed by atoms with van der Waals surface area (Å²) < 4.78 is 14.0. The van der Waals surface area contributed by atoms with Gasteiger partial charge in [-0.2, -0.15) is 5.26 Å². The lowest BCUT2D eigenvalue weighted by Crippen LogP contribution is -2.09. The van der Waals surface area contributed by atoms with Crippen LogP contribution >= 0.6 is 11.6 Å². The Bertz CT molecular complexity index is 656. The maximum Gasteiger partial charge on any atom is 0.129 e. The SMILES string of the molecule is CN(C)c1cccc(CC(C#N)c2c(F)cccc2Cl)c1. The van der Waals surface area contributed by atoms with Crippen LogP contribution in [0.5, 0.6) is 0 Å². The highest BCUT2D eigenvalue weighted by Gasteiger charge is 2.19. The molecule has 2 aromatic rings. The van der Waals surface area contributed by atoms with E-state index in [1.54, 1.807) is 12.1 Å². The van der Waals surface area contributed by atoms with E-state index in [4.69, 9.17) is 11.6 Å². The van der Waals surface area contributed by atoms with Crippen LogP contribution in [0.4, 0.5) is 10.1 Å². The average molecular weight is 303 g/mol. The second-order valence-corrected chi connectivity index (χ2v) is 5.49. The molecule has 0 radical (unpaired) electrons. The molecule has 21 heavy (non-hydrogen) atoms. The molecule has 2 rings (SSSR count). The summed E-state index contributed by atoms with van der Waals surface area (Å²) in [5.74, 6) is -1.03. The van der Waals surface area contributed by atoms with Gasteiger partial charge in [0, 0.05) is 30.4 Å². The van der Waals surface area contributed by atoms with Gasteiger partial charge in [0.25, 0.3) is 0 Å². The first kappa shape index (κ1) is 15.3. The molecule has 2 aromatic carbocycles. The molecule has 0 aliphatic rings. The zero-order chi connectivity index (χ0) is 15.4. The Labute approximate surface area is 129 Å². The Kier molecular flexibility index (Phi) is 4.82. The average Bonchev–Trinajstić information content (AvgIpc) is 2.46. The second-order valence-electron chi connectivity index (χ2n) is 5.09. The summed E-state index contributed by atoms with van der Waals surface area (Å²) in [5.41, 5.74) is 2.30. The number of benzene rings is 2. The lowest BCUT2D eigenvalue weighted by molar-refractivity contribution is 0.600. The molecular formula is C17H16ClFN2. The first-order valence-electron chi connectivity index (χ1n) is 6.62. The molecule has 0 amide bonds. The minimum Gasteiger partial charge on any atom is -0.378 e. The van der Waals surface area contributed by atoms with Gasteiger partial charge in [-0.15, -0.1) is 0 Å². The fourth-order valence-corrected chi connectivity index (χ4v) is 2.55. The molecule has 0 aliphatic carbocycles. The molecule has 0 bridgehead atoms. The Morgan fingerprint density at radius 3 is 2.57 bits per heavy atom. The number of nitriles is 1. The maximum atomic E-state index is 14.0. The Morgan fingerprint density at radius 2 is 1.95 bits per heavy atom. The monoisotopic (exact) mass is 302 g/mol. The Hall–Kier alpha value is -2.05. The minimum atomic E-state index is -0.601. The van der Waals surface area contributed by atoms with Crippen molar-refractivity contribution in [1.82, 2.24) is 0 Å². The van der Waals surface area contributed by atoms with Crippen LogP contribution in [0.15, 0.2) is 42.5 Å². The van der Waals surface area contributed by atoms with E-state index in [1.165, 1.54) is 6.07 Å². The Morgan fingerprint density at radius 1 is 1.24 bits per heavy atom. The van der Waals surface area contributed by atoms with E-state index in [2.05, 4.69) is 6.07 Å². The van der Waals surface area contributed by atoms with Crippen molar-refractivity contribution in [1.29, 1.82) is 5.26 Å².